The molecule has 3 nitrogen and oxygen atoms in total. The van der Waals surface area contributed by atoms with Gasteiger partial charge in [-0.2, -0.15) is 0 Å². The van der Waals surface area contributed by atoms with Gasteiger partial charge < -0.3 is 5.73 Å². The van der Waals surface area contributed by atoms with Crippen molar-refractivity contribution in [3.8, 4) is 0 Å². The van der Waals surface area contributed by atoms with E-state index in [0.717, 1.165) is 0 Å². The number of nitrogens with two attached hydrogens (primary N) is 1. The molecule has 0 saturated carbocycles. The lowest BCUT2D eigenvalue weighted by molar-refractivity contribution is -0.112. The van der Waals surface area contributed by atoms with Gasteiger partial charge in [-0.1, -0.05) is 6.08 Å². The van der Waals surface area contributed by atoms with Gasteiger partial charge in [0.05, 0.1) is 5.71 Å². The maximum Gasteiger partial charge on any atom is 0.180 e. The van der Waals surface area contributed by atoms with Gasteiger partial charge in [0, 0.05) is 19.0 Å². The summed E-state index contributed by atoms with van der Waals surface area (Å²) >= 11 is 0. The molecule has 2 N–H and O–H groups in total. The lowest BCUT2D eigenvalue weighted by Gasteiger charge is -2.03. The highest BCUT2D eigenvalue weighted by molar-refractivity contribution is 6.40. The highest BCUT2D eigenvalue weighted by Crippen LogP contribution is 2.00. The number of hydrogen-bond donors (Lipinski definition) is 1. The van der Waals surface area contributed by atoms with Crippen LogP contribution in [0.3, 0.4) is 0 Å². The van der Waals surface area contributed by atoms with Gasteiger partial charge in [0.1, 0.15) is 0 Å². The van der Waals surface area contributed by atoms with Crippen LogP contribution in [0.15, 0.2) is 17.3 Å². The average molecular weight is 138 g/mol. The Hall–Kier alpha value is -0.960. The van der Waals surface area contributed by atoms with E-state index in [-0.39, 0.29) is 5.78 Å². The highest BCUT2D eigenvalue weighted by Gasteiger charge is 2.09. The van der Waals surface area contributed by atoms with Crippen LogP contribution in [-0.2, 0) is 4.79 Å². The van der Waals surface area contributed by atoms with Crippen molar-refractivity contribution >= 4 is 11.5 Å². The maximum absolute atomic E-state index is 10.9. The van der Waals surface area contributed by atoms with Gasteiger partial charge in [-0.25, -0.2) is 0 Å². The van der Waals surface area contributed by atoms with Crippen molar-refractivity contribution in [3.05, 3.63) is 12.3 Å². The number of nitrogens with zero attached hydrogens (tertiary/aromatic N) is 1. The second kappa shape index (κ2) is 3.27. The summed E-state index contributed by atoms with van der Waals surface area (Å²) in [5.41, 5.74) is 5.88. The fourth-order valence-corrected chi connectivity index (χ4v) is 0.833. The Morgan fingerprint density at radius 2 is 2.50 bits per heavy atom. The maximum atomic E-state index is 10.9. The third-order valence-corrected chi connectivity index (χ3v) is 1.34. The van der Waals surface area contributed by atoms with Crippen LogP contribution >= 0.6 is 0 Å². The van der Waals surface area contributed by atoms with Gasteiger partial charge in [-0.05, 0) is 6.54 Å². The van der Waals surface area contributed by atoms with Gasteiger partial charge in [-0.3, -0.25) is 9.79 Å². The van der Waals surface area contributed by atoms with Crippen LogP contribution in [0.2, 0.25) is 0 Å². The minimum absolute atomic E-state index is 0.105. The predicted molar refractivity (Wildman–Crippen MR) is 39.9 cm³/mol. The lowest BCUT2D eigenvalue weighted by atomic mass is 10.1. The van der Waals surface area contributed by atoms with Gasteiger partial charge in [-0.15, -0.1) is 0 Å². The van der Waals surface area contributed by atoms with Crippen LogP contribution in [0.1, 0.15) is 12.8 Å². The normalized spacial score (nSPS) is 17.3. The largest absolute Gasteiger partial charge is 0.330 e. The topological polar surface area (TPSA) is 55.4 Å². The molecule has 10 heavy (non-hydrogen) atoms. The Balaban J connectivity index is 2.61. The fraction of sp³-hybridized carbons (Fsp3) is 0.429. The molecule has 1 heterocycles. The minimum Gasteiger partial charge on any atom is -0.330 e. The van der Waals surface area contributed by atoms with Gasteiger partial charge in [0.25, 0.3) is 0 Å². The van der Waals surface area contributed by atoms with E-state index >= 15 is 0 Å². The van der Waals surface area contributed by atoms with Crippen LogP contribution in [0.25, 0.3) is 0 Å². The standard InChI is InChI=1S/C7H10N2O/c8-4-3-6-7(10)2-1-5-9-6/h1,5H,2-4,8H2. The zero-order valence-corrected chi connectivity index (χ0v) is 5.71. The summed E-state index contributed by atoms with van der Waals surface area (Å²) in [6.07, 6.45) is 4.50. The third-order valence-electron chi connectivity index (χ3n) is 1.34. The van der Waals surface area contributed by atoms with E-state index in [2.05, 4.69) is 4.99 Å². The Morgan fingerprint density at radius 3 is 3.10 bits per heavy atom. The first-order chi connectivity index (χ1) is 4.84. The van der Waals surface area contributed by atoms with Crippen molar-refractivity contribution in [1.82, 2.24) is 0 Å². The van der Waals surface area contributed by atoms with Crippen molar-refractivity contribution < 1.29 is 4.79 Å². The molecule has 0 fully saturated rings. The van der Waals surface area contributed by atoms with E-state index in [1.807, 2.05) is 0 Å². The van der Waals surface area contributed by atoms with Crippen LogP contribution in [-0.4, -0.2) is 18.0 Å². The van der Waals surface area contributed by atoms with Gasteiger partial charge in [0.15, 0.2) is 5.78 Å². The quantitative estimate of drug-likeness (QED) is 0.595. The molecule has 1 rings (SSSR count). The molecule has 3 heteroatoms. The lowest BCUT2D eigenvalue weighted by Crippen LogP contribution is -2.18. The molecule has 0 unspecified atom stereocenters. The Morgan fingerprint density at radius 1 is 1.70 bits per heavy atom. The molecule has 0 amide bonds. The molecular weight excluding hydrogens is 128 g/mol. The number of rotatable bonds is 2. The molecule has 0 aromatic carbocycles. The SMILES string of the molecule is NCCC1=NC=CCC1=O. The zero-order valence-electron chi connectivity index (χ0n) is 5.71. The fourth-order valence-electron chi connectivity index (χ4n) is 0.833. The van der Waals surface area contributed by atoms with Gasteiger partial charge >= 0.3 is 0 Å². The number of aliphatic imine (C=N–C) groups is 1. The van der Waals surface area contributed by atoms with E-state index in [9.17, 15) is 4.79 Å². The Bertz CT molecular complexity index is 194. The number of carbonyl (C=O) groups excluding carboxylic acids is 1. The second-order valence-electron chi connectivity index (χ2n) is 2.13. The number of hydrogen-bond acceptors (Lipinski definition) is 3. The van der Waals surface area contributed by atoms with Crippen LogP contribution in [0.5, 0.6) is 0 Å². The highest BCUT2D eigenvalue weighted by atomic mass is 16.1. The van der Waals surface area contributed by atoms with Crippen molar-refractivity contribution in [1.29, 1.82) is 0 Å². The number of carbonyl (C=O) groups is 1. The summed E-state index contributed by atoms with van der Waals surface area (Å²) in [5, 5.41) is 0. The number of Topliss-reactive ketones (excluding diaryl/α,β-unsaturated/α-hetero) is 1. The average Bonchev–Trinajstić information content (AvgIpc) is 1.94. The third kappa shape index (κ3) is 1.51. The van der Waals surface area contributed by atoms with E-state index in [0.29, 0.717) is 25.1 Å². The summed E-state index contributed by atoms with van der Waals surface area (Å²) in [6.45, 7) is 0.498. The van der Waals surface area contributed by atoms with E-state index in [4.69, 9.17) is 5.73 Å². The second-order valence-corrected chi connectivity index (χ2v) is 2.13. The molecule has 0 aliphatic carbocycles. The molecule has 0 aromatic rings. The van der Waals surface area contributed by atoms with Crippen molar-refractivity contribution in [2.75, 3.05) is 6.54 Å². The first-order valence-electron chi connectivity index (χ1n) is 3.29. The van der Waals surface area contributed by atoms with Crippen molar-refractivity contribution in [2.45, 2.75) is 12.8 Å². The summed E-state index contributed by atoms with van der Waals surface area (Å²) in [5.74, 6) is 0.105. The predicted octanol–water partition coefficient (Wildman–Crippen LogP) is 0.263. The molecule has 0 spiro atoms. The smallest absolute Gasteiger partial charge is 0.180 e. The molecule has 0 aromatic heterocycles. The molecule has 0 saturated heterocycles. The molecule has 0 radical (unpaired) electrons. The molecule has 1 aliphatic heterocycles. The number of ketones is 1. The Labute approximate surface area is 59.6 Å². The van der Waals surface area contributed by atoms with E-state index in [1.54, 1.807) is 12.3 Å². The first-order valence-corrected chi connectivity index (χ1v) is 3.29. The van der Waals surface area contributed by atoms with Crippen LogP contribution in [0, 0.1) is 0 Å². The Kier molecular flexibility index (Phi) is 2.34. The van der Waals surface area contributed by atoms with Crippen molar-refractivity contribution in [3.63, 3.8) is 0 Å². The first kappa shape index (κ1) is 7.15. The van der Waals surface area contributed by atoms with Gasteiger partial charge in [0.2, 0.25) is 0 Å². The molecular formula is C7H10N2O. The molecule has 0 atom stereocenters. The minimum atomic E-state index is 0.105. The van der Waals surface area contributed by atoms with Crippen LogP contribution in [0.4, 0.5) is 0 Å². The summed E-state index contributed by atoms with van der Waals surface area (Å²) in [6, 6.07) is 0. The number of allylic oxidation sites excluding steroid dienone is 1. The van der Waals surface area contributed by atoms with Crippen molar-refractivity contribution in [2.24, 2.45) is 10.7 Å². The van der Waals surface area contributed by atoms with Crippen LogP contribution < -0.4 is 5.73 Å². The summed E-state index contributed by atoms with van der Waals surface area (Å²) in [4.78, 5) is 14.9. The molecule has 54 valence electrons. The monoisotopic (exact) mass is 138 g/mol. The van der Waals surface area contributed by atoms with E-state index < -0.39 is 0 Å². The zero-order chi connectivity index (χ0) is 7.40. The summed E-state index contributed by atoms with van der Waals surface area (Å²) in [7, 11) is 0. The molecule has 0 bridgehead atoms. The summed E-state index contributed by atoms with van der Waals surface area (Å²) < 4.78 is 0. The molecule has 1 aliphatic rings. The van der Waals surface area contributed by atoms with E-state index in [1.165, 1.54) is 0 Å².